The van der Waals surface area contributed by atoms with Crippen LogP contribution < -0.4 is 4.74 Å². The van der Waals surface area contributed by atoms with E-state index in [-0.39, 0.29) is 11.2 Å². The van der Waals surface area contributed by atoms with Gasteiger partial charge in [0.15, 0.2) is 5.78 Å². The number of halogens is 1. The zero-order chi connectivity index (χ0) is 11.1. The lowest BCUT2D eigenvalue weighted by Crippen LogP contribution is -2.12. The van der Waals surface area contributed by atoms with Gasteiger partial charge in [0.2, 0.25) is 0 Å². The van der Waals surface area contributed by atoms with Crippen molar-refractivity contribution < 1.29 is 9.53 Å². The van der Waals surface area contributed by atoms with Gasteiger partial charge in [-0.3, -0.25) is 4.79 Å². The lowest BCUT2D eigenvalue weighted by molar-refractivity contribution is 0.0912. The van der Waals surface area contributed by atoms with E-state index in [0.29, 0.717) is 16.3 Å². The molecule has 1 aromatic rings. The number of carbonyl (C=O) groups is 1. The standard InChI is InChI=1S/C12H13ClO2/c1-12(5-6-12)11(14)9-4-3-8(15-2)7-10(9)13/h3-4,7H,5-6H2,1-2H3. The molecule has 0 amide bonds. The van der Waals surface area contributed by atoms with Crippen molar-refractivity contribution in [1.82, 2.24) is 0 Å². The Labute approximate surface area is 94.2 Å². The Kier molecular flexibility index (Phi) is 2.47. The third-order valence-corrected chi connectivity index (χ3v) is 3.28. The molecule has 0 radical (unpaired) electrons. The molecule has 1 aromatic carbocycles. The van der Waals surface area contributed by atoms with Crippen LogP contribution in [0.2, 0.25) is 5.02 Å². The molecule has 80 valence electrons. The summed E-state index contributed by atoms with van der Waals surface area (Å²) < 4.78 is 5.04. The maximum atomic E-state index is 12.0. The second-order valence-electron chi connectivity index (χ2n) is 4.24. The molecule has 0 spiro atoms. The molecule has 0 bridgehead atoms. The number of rotatable bonds is 3. The molecular weight excluding hydrogens is 212 g/mol. The van der Waals surface area contributed by atoms with E-state index in [1.165, 1.54) is 0 Å². The van der Waals surface area contributed by atoms with Crippen LogP contribution in [0.15, 0.2) is 18.2 Å². The number of hydrogen-bond acceptors (Lipinski definition) is 2. The Morgan fingerprint density at radius 1 is 1.47 bits per heavy atom. The molecule has 15 heavy (non-hydrogen) atoms. The van der Waals surface area contributed by atoms with E-state index in [9.17, 15) is 4.79 Å². The van der Waals surface area contributed by atoms with Gasteiger partial charge in [0, 0.05) is 11.0 Å². The Bertz CT molecular complexity index is 408. The normalized spacial score (nSPS) is 17.3. The van der Waals surface area contributed by atoms with Crippen molar-refractivity contribution in [2.75, 3.05) is 7.11 Å². The fraction of sp³-hybridized carbons (Fsp3) is 0.417. The molecule has 3 heteroatoms. The van der Waals surface area contributed by atoms with Crippen LogP contribution in [0.5, 0.6) is 5.75 Å². The summed E-state index contributed by atoms with van der Waals surface area (Å²) >= 11 is 6.04. The first-order valence-corrected chi connectivity index (χ1v) is 5.33. The molecule has 0 aromatic heterocycles. The van der Waals surface area contributed by atoms with Crippen LogP contribution in [-0.2, 0) is 0 Å². The molecular formula is C12H13ClO2. The van der Waals surface area contributed by atoms with Gasteiger partial charge in [-0.25, -0.2) is 0 Å². The Morgan fingerprint density at radius 2 is 2.13 bits per heavy atom. The Hall–Kier alpha value is -1.02. The van der Waals surface area contributed by atoms with E-state index in [4.69, 9.17) is 16.3 Å². The Morgan fingerprint density at radius 3 is 2.60 bits per heavy atom. The molecule has 2 nitrogen and oxygen atoms in total. The predicted octanol–water partition coefficient (Wildman–Crippen LogP) is 3.33. The first-order chi connectivity index (χ1) is 7.07. The second-order valence-corrected chi connectivity index (χ2v) is 4.64. The summed E-state index contributed by atoms with van der Waals surface area (Å²) in [5.74, 6) is 0.827. The average molecular weight is 225 g/mol. The second kappa shape index (κ2) is 3.53. The quantitative estimate of drug-likeness (QED) is 0.737. The molecule has 1 aliphatic carbocycles. The number of hydrogen-bond donors (Lipinski definition) is 0. The van der Waals surface area contributed by atoms with Crippen molar-refractivity contribution in [3.63, 3.8) is 0 Å². The minimum atomic E-state index is -0.168. The van der Waals surface area contributed by atoms with Crippen molar-refractivity contribution in [2.45, 2.75) is 19.8 Å². The third kappa shape index (κ3) is 1.86. The highest BCUT2D eigenvalue weighted by atomic mass is 35.5. The lowest BCUT2D eigenvalue weighted by Gasteiger charge is -2.09. The van der Waals surface area contributed by atoms with Crippen molar-refractivity contribution in [3.05, 3.63) is 28.8 Å². The number of benzene rings is 1. The zero-order valence-corrected chi connectivity index (χ0v) is 9.60. The lowest BCUT2D eigenvalue weighted by atomic mass is 9.97. The number of methoxy groups -OCH3 is 1. The van der Waals surface area contributed by atoms with Crippen LogP contribution in [0.25, 0.3) is 0 Å². The van der Waals surface area contributed by atoms with E-state index < -0.39 is 0 Å². The molecule has 0 atom stereocenters. The highest BCUT2D eigenvalue weighted by Gasteiger charge is 2.45. The summed E-state index contributed by atoms with van der Waals surface area (Å²) in [6, 6.07) is 5.19. The van der Waals surface area contributed by atoms with E-state index >= 15 is 0 Å². The average Bonchev–Trinajstić information content (AvgIpc) is 2.96. The molecule has 1 aliphatic rings. The number of Topliss-reactive ketones (excluding diaryl/α,β-unsaturated/α-hetero) is 1. The van der Waals surface area contributed by atoms with Crippen LogP contribution in [0.1, 0.15) is 30.1 Å². The summed E-state index contributed by atoms with van der Waals surface area (Å²) in [5, 5.41) is 0.479. The van der Waals surface area contributed by atoms with Crippen LogP contribution in [0.4, 0.5) is 0 Å². The van der Waals surface area contributed by atoms with Gasteiger partial charge in [-0.15, -0.1) is 0 Å². The van der Waals surface area contributed by atoms with Gasteiger partial charge in [0.05, 0.1) is 12.1 Å². The smallest absolute Gasteiger partial charge is 0.170 e. The largest absolute Gasteiger partial charge is 0.497 e. The van der Waals surface area contributed by atoms with Crippen molar-refractivity contribution >= 4 is 17.4 Å². The van der Waals surface area contributed by atoms with Gasteiger partial charge in [-0.05, 0) is 31.0 Å². The Balaban J connectivity index is 2.33. The van der Waals surface area contributed by atoms with Gasteiger partial charge in [-0.1, -0.05) is 18.5 Å². The summed E-state index contributed by atoms with van der Waals surface area (Å²) in [4.78, 5) is 12.0. The fourth-order valence-corrected chi connectivity index (χ4v) is 1.80. The van der Waals surface area contributed by atoms with Crippen LogP contribution in [0, 0.1) is 5.41 Å². The molecule has 0 N–H and O–H groups in total. The number of ether oxygens (including phenoxy) is 1. The maximum Gasteiger partial charge on any atom is 0.170 e. The van der Waals surface area contributed by atoms with Gasteiger partial charge in [0.25, 0.3) is 0 Å². The van der Waals surface area contributed by atoms with Gasteiger partial charge >= 0.3 is 0 Å². The van der Waals surface area contributed by atoms with Crippen molar-refractivity contribution in [2.24, 2.45) is 5.41 Å². The minimum absolute atomic E-state index is 0.148. The molecule has 0 saturated heterocycles. The SMILES string of the molecule is COc1ccc(C(=O)C2(C)CC2)c(Cl)c1. The van der Waals surface area contributed by atoms with Crippen molar-refractivity contribution in [3.8, 4) is 5.75 Å². The summed E-state index contributed by atoms with van der Waals surface area (Å²) in [6.07, 6.45) is 1.93. The van der Waals surface area contributed by atoms with E-state index in [1.54, 1.807) is 25.3 Å². The fourth-order valence-electron chi connectivity index (χ4n) is 1.55. The van der Waals surface area contributed by atoms with Gasteiger partial charge in [0.1, 0.15) is 5.75 Å². The molecule has 0 unspecified atom stereocenters. The molecule has 2 rings (SSSR count). The predicted molar refractivity (Wildman–Crippen MR) is 59.7 cm³/mol. The van der Waals surface area contributed by atoms with Crippen LogP contribution >= 0.6 is 11.6 Å². The highest BCUT2D eigenvalue weighted by Crippen LogP contribution is 2.48. The van der Waals surface area contributed by atoms with Crippen molar-refractivity contribution in [1.29, 1.82) is 0 Å². The van der Waals surface area contributed by atoms with Gasteiger partial charge in [-0.2, -0.15) is 0 Å². The molecule has 1 saturated carbocycles. The first-order valence-electron chi connectivity index (χ1n) is 4.95. The monoisotopic (exact) mass is 224 g/mol. The summed E-state index contributed by atoms with van der Waals surface area (Å²) in [6.45, 7) is 1.98. The molecule has 0 aliphatic heterocycles. The van der Waals surface area contributed by atoms with Crippen LogP contribution in [0.3, 0.4) is 0 Å². The molecule has 1 fully saturated rings. The zero-order valence-electron chi connectivity index (χ0n) is 8.84. The number of carbonyl (C=O) groups excluding carboxylic acids is 1. The maximum absolute atomic E-state index is 12.0. The summed E-state index contributed by atoms with van der Waals surface area (Å²) in [7, 11) is 1.58. The molecule has 0 heterocycles. The minimum Gasteiger partial charge on any atom is -0.497 e. The van der Waals surface area contributed by atoms with E-state index in [1.807, 2.05) is 6.92 Å². The van der Waals surface area contributed by atoms with E-state index in [2.05, 4.69) is 0 Å². The van der Waals surface area contributed by atoms with E-state index in [0.717, 1.165) is 12.8 Å². The topological polar surface area (TPSA) is 26.3 Å². The van der Waals surface area contributed by atoms with Crippen LogP contribution in [-0.4, -0.2) is 12.9 Å². The van der Waals surface area contributed by atoms with Gasteiger partial charge < -0.3 is 4.74 Å². The number of ketones is 1. The summed E-state index contributed by atoms with van der Waals surface area (Å²) in [5.41, 5.74) is 0.440. The third-order valence-electron chi connectivity index (χ3n) is 2.97. The first kappa shape index (κ1) is 10.5. The highest BCUT2D eigenvalue weighted by molar-refractivity contribution is 6.34.